The summed E-state index contributed by atoms with van der Waals surface area (Å²) in [6.07, 6.45) is 4.39. The normalized spacial score (nSPS) is 14.6. The van der Waals surface area contributed by atoms with Crippen molar-refractivity contribution >= 4 is 22.7 Å². The summed E-state index contributed by atoms with van der Waals surface area (Å²) < 4.78 is 6.00. The summed E-state index contributed by atoms with van der Waals surface area (Å²) in [5.74, 6) is 2.79. The molecule has 6 nitrogen and oxygen atoms in total. The molecule has 0 radical (unpaired) electrons. The lowest BCUT2D eigenvalue weighted by molar-refractivity contribution is 0.534. The highest BCUT2D eigenvalue weighted by molar-refractivity contribution is 5.83. The summed E-state index contributed by atoms with van der Waals surface area (Å²) in [5, 5.41) is 7.88. The Morgan fingerprint density at radius 2 is 2.00 bits per heavy atom. The highest BCUT2D eigenvalue weighted by Crippen LogP contribution is 2.24. The maximum Gasteiger partial charge on any atom is 0.191 e. The van der Waals surface area contributed by atoms with E-state index in [4.69, 9.17) is 9.41 Å². The second-order valence-electron chi connectivity index (χ2n) is 7.41. The van der Waals surface area contributed by atoms with E-state index in [1.165, 1.54) is 24.0 Å². The Kier molecular flexibility index (Phi) is 5.98. The van der Waals surface area contributed by atoms with Crippen LogP contribution in [0, 0.1) is 6.92 Å². The van der Waals surface area contributed by atoms with Gasteiger partial charge in [-0.05, 0) is 50.5 Å². The van der Waals surface area contributed by atoms with E-state index in [0.29, 0.717) is 13.1 Å². The maximum absolute atomic E-state index is 6.00. The summed E-state index contributed by atoms with van der Waals surface area (Å²) in [6.45, 7) is 8.38. The molecule has 3 aromatic rings. The fourth-order valence-corrected chi connectivity index (χ4v) is 3.75. The third kappa shape index (κ3) is 4.53. The second kappa shape index (κ2) is 8.99. The summed E-state index contributed by atoms with van der Waals surface area (Å²) in [6, 6.07) is 12.3. The van der Waals surface area contributed by atoms with Crippen molar-refractivity contribution in [3.63, 3.8) is 0 Å². The van der Waals surface area contributed by atoms with Crippen LogP contribution < -0.4 is 15.5 Å². The molecule has 2 aromatic heterocycles. The summed E-state index contributed by atoms with van der Waals surface area (Å²) in [4.78, 5) is 11.6. The van der Waals surface area contributed by atoms with Crippen LogP contribution >= 0.6 is 0 Å². The van der Waals surface area contributed by atoms with Crippen molar-refractivity contribution in [3.05, 3.63) is 59.5 Å². The number of furan rings is 1. The van der Waals surface area contributed by atoms with Gasteiger partial charge in [0, 0.05) is 36.8 Å². The van der Waals surface area contributed by atoms with Crippen LogP contribution in [0.4, 0.5) is 5.82 Å². The lowest BCUT2D eigenvalue weighted by Gasteiger charge is -2.16. The predicted octanol–water partition coefficient (Wildman–Crippen LogP) is 3.99. The number of guanidine groups is 1. The molecule has 0 amide bonds. The number of benzene rings is 1. The van der Waals surface area contributed by atoms with Crippen molar-refractivity contribution in [2.45, 2.75) is 39.8 Å². The number of hydrogen-bond donors (Lipinski definition) is 2. The van der Waals surface area contributed by atoms with Crippen molar-refractivity contribution < 1.29 is 4.42 Å². The Hall–Kier alpha value is -3.02. The fraction of sp³-hybridized carbons (Fsp3) is 0.391. The van der Waals surface area contributed by atoms with E-state index < -0.39 is 0 Å². The first kappa shape index (κ1) is 19.3. The zero-order chi connectivity index (χ0) is 20.1. The first-order valence-corrected chi connectivity index (χ1v) is 10.4. The van der Waals surface area contributed by atoms with E-state index in [-0.39, 0.29) is 0 Å². The van der Waals surface area contributed by atoms with E-state index in [1.54, 1.807) is 0 Å². The number of nitrogens with zero attached hydrogens (tertiary/aromatic N) is 3. The molecule has 1 aliphatic rings. The van der Waals surface area contributed by atoms with Gasteiger partial charge in [-0.1, -0.05) is 18.2 Å². The van der Waals surface area contributed by atoms with Gasteiger partial charge in [0.05, 0.1) is 13.1 Å². The number of para-hydroxylation sites is 1. The number of anilines is 1. The van der Waals surface area contributed by atoms with Gasteiger partial charge in [-0.3, -0.25) is 0 Å². The Morgan fingerprint density at radius 1 is 1.17 bits per heavy atom. The largest absolute Gasteiger partial charge is 0.459 e. The van der Waals surface area contributed by atoms with Gasteiger partial charge in [-0.25, -0.2) is 9.98 Å². The highest BCUT2D eigenvalue weighted by Gasteiger charge is 2.14. The van der Waals surface area contributed by atoms with Gasteiger partial charge in [0.1, 0.15) is 17.2 Å². The van der Waals surface area contributed by atoms with Crippen LogP contribution in [0.2, 0.25) is 0 Å². The van der Waals surface area contributed by atoms with Crippen LogP contribution in [-0.4, -0.2) is 30.6 Å². The van der Waals surface area contributed by atoms with Gasteiger partial charge in [0.25, 0.3) is 0 Å². The third-order valence-electron chi connectivity index (χ3n) is 5.36. The second-order valence-corrected chi connectivity index (χ2v) is 7.41. The Balaban J connectivity index is 1.43. The molecule has 29 heavy (non-hydrogen) atoms. The van der Waals surface area contributed by atoms with Crippen molar-refractivity contribution in [1.82, 2.24) is 15.6 Å². The predicted molar refractivity (Wildman–Crippen MR) is 118 cm³/mol. The zero-order valence-electron chi connectivity index (χ0n) is 17.2. The van der Waals surface area contributed by atoms with E-state index in [2.05, 4.69) is 46.5 Å². The molecule has 1 aromatic carbocycles. The van der Waals surface area contributed by atoms with Crippen LogP contribution in [0.15, 0.2) is 52.0 Å². The number of aryl methyl sites for hydroxylation is 1. The molecule has 0 bridgehead atoms. The number of hydrogen-bond acceptors (Lipinski definition) is 4. The Labute approximate surface area is 172 Å². The van der Waals surface area contributed by atoms with E-state index in [9.17, 15) is 0 Å². The van der Waals surface area contributed by atoms with Crippen LogP contribution in [0.1, 0.15) is 36.7 Å². The molecule has 1 aliphatic heterocycles. The summed E-state index contributed by atoms with van der Waals surface area (Å²) in [5.41, 5.74) is 3.27. The van der Waals surface area contributed by atoms with Crippen LogP contribution in [0.3, 0.4) is 0 Å². The number of aliphatic imine (C=N–C) groups is 1. The number of fused-ring (bicyclic) bond motifs is 1. The molecule has 0 saturated carbocycles. The molecule has 6 heteroatoms. The lowest BCUT2D eigenvalue weighted by Crippen LogP contribution is -2.36. The molecule has 0 unspecified atom stereocenters. The van der Waals surface area contributed by atoms with E-state index >= 15 is 0 Å². The van der Waals surface area contributed by atoms with Gasteiger partial charge >= 0.3 is 0 Å². The molecule has 0 aliphatic carbocycles. The highest BCUT2D eigenvalue weighted by atomic mass is 16.3. The Bertz CT molecular complexity index is 988. The summed E-state index contributed by atoms with van der Waals surface area (Å²) in [7, 11) is 0. The third-order valence-corrected chi connectivity index (χ3v) is 5.36. The number of rotatable bonds is 6. The molecule has 1 fully saturated rings. The minimum absolute atomic E-state index is 0.599. The molecule has 1 saturated heterocycles. The van der Waals surface area contributed by atoms with Crippen LogP contribution in [0.25, 0.3) is 11.0 Å². The Morgan fingerprint density at radius 3 is 2.79 bits per heavy atom. The molecule has 0 spiro atoms. The number of aromatic nitrogens is 1. The zero-order valence-corrected chi connectivity index (χ0v) is 17.2. The smallest absolute Gasteiger partial charge is 0.191 e. The lowest BCUT2D eigenvalue weighted by atomic mass is 10.1. The van der Waals surface area contributed by atoms with Gasteiger partial charge < -0.3 is 20.0 Å². The summed E-state index contributed by atoms with van der Waals surface area (Å²) >= 11 is 0. The van der Waals surface area contributed by atoms with Crippen molar-refractivity contribution in [3.8, 4) is 0 Å². The topological polar surface area (TPSA) is 65.7 Å². The average Bonchev–Trinajstić information content (AvgIpc) is 3.39. The molecule has 4 rings (SSSR count). The first-order valence-electron chi connectivity index (χ1n) is 10.4. The van der Waals surface area contributed by atoms with Crippen molar-refractivity contribution in [1.29, 1.82) is 0 Å². The first-order chi connectivity index (χ1) is 14.2. The van der Waals surface area contributed by atoms with Crippen molar-refractivity contribution in [2.24, 2.45) is 4.99 Å². The van der Waals surface area contributed by atoms with Gasteiger partial charge in [0.15, 0.2) is 5.96 Å². The molecular weight excluding hydrogens is 362 g/mol. The van der Waals surface area contributed by atoms with Crippen molar-refractivity contribution in [2.75, 3.05) is 24.5 Å². The number of nitrogens with one attached hydrogen (secondary N) is 2. The average molecular weight is 392 g/mol. The molecule has 0 atom stereocenters. The van der Waals surface area contributed by atoms with Crippen LogP contribution in [0.5, 0.6) is 0 Å². The molecule has 3 heterocycles. The standard InChI is InChI=1S/C23H29N5O/c1-3-24-23(27-16-21-17(2)19-8-4-5-9-20(19)29-21)26-15-18-10-11-25-22(14-18)28-12-6-7-13-28/h4-5,8-11,14H,3,6-7,12-13,15-16H2,1-2H3,(H2,24,26,27). The molecule has 152 valence electrons. The number of pyridine rings is 1. The SMILES string of the molecule is CCNC(=NCc1ccnc(N2CCCC2)c1)NCc1oc2ccccc2c1C. The quantitative estimate of drug-likeness (QED) is 0.491. The van der Waals surface area contributed by atoms with Gasteiger partial charge in [0.2, 0.25) is 0 Å². The molecule has 2 N–H and O–H groups in total. The van der Waals surface area contributed by atoms with E-state index in [0.717, 1.165) is 48.1 Å². The van der Waals surface area contributed by atoms with Gasteiger partial charge in [-0.15, -0.1) is 0 Å². The maximum atomic E-state index is 6.00. The van der Waals surface area contributed by atoms with Gasteiger partial charge in [-0.2, -0.15) is 0 Å². The monoisotopic (exact) mass is 391 g/mol. The van der Waals surface area contributed by atoms with Crippen LogP contribution in [-0.2, 0) is 13.1 Å². The van der Waals surface area contributed by atoms with E-state index in [1.807, 2.05) is 30.5 Å². The minimum atomic E-state index is 0.599. The molecular formula is C23H29N5O. The minimum Gasteiger partial charge on any atom is -0.459 e. The fourth-order valence-electron chi connectivity index (χ4n) is 3.75.